The summed E-state index contributed by atoms with van der Waals surface area (Å²) in [6.45, 7) is 0. The zero-order valence-corrected chi connectivity index (χ0v) is 14.4. The Kier molecular flexibility index (Phi) is 4.45. The number of nitrogens with zero attached hydrogens (tertiary/aromatic N) is 4. The zero-order chi connectivity index (χ0) is 18.6. The molecule has 6 heteroatoms. The molecule has 0 radical (unpaired) electrons. The van der Waals surface area contributed by atoms with Gasteiger partial charge in [-0.1, -0.05) is 18.2 Å². The van der Waals surface area contributed by atoms with Crippen LogP contribution in [0.3, 0.4) is 0 Å². The van der Waals surface area contributed by atoms with Crippen molar-refractivity contribution in [2.75, 3.05) is 0 Å². The Labute approximate surface area is 155 Å². The van der Waals surface area contributed by atoms with E-state index in [2.05, 4.69) is 9.97 Å². The van der Waals surface area contributed by atoms with E-state index in [1.807, 2.05) is 53.3 Å². The van der Waals surface area contributed by atoms with Crippen LogP contribution in [-0.4, -0.2) is 30.8 Å². The maximum absolute atomic E-state index is 11.5. The van der Waals surface area contributed by atoms with Crippen LogP contribution < -0.4 is 0 Å². The van der Waals surface area contributed by atoms with Crippen molar-refractivity contribution >= 4 is 5.97 Å². The third kappa shape index (κ3) is 3.46. The van der Waals surface area contributed by atoms with Gasteiger partial charge in [-0.15, -0.1) is 0 Å². The van der Waals surface area contributed by atoms with Crippen molar-refractivity contribution in [2.24, 2.45) is 0 Å². The molecule has 0 spiro atoms. The molecule has 27 heavy (non-hydrogen) atoms. The minimum Gasteiger partial charge on any atom is -0.478 e. The van der Waals surface area contributed by atoms with Crippen molar-refractivity contribution in [3.8, 4) is 16.8 Å². The van der Waals surface area contributed by atoms with Gasteiger partial charge in [0, 0.05) is 43.0 Å². The second-order valence-corrected chi connectivity index (χ2v) is 6.02. The molecular weight excluding hydrogens is 340 g/mol. The quantitative estimate of drug-likeness (QED) is 0.591. The normalized spacial score (nSPS) is 10.7. The van der Waals surface area contributed by atoms with Crippen LogP contribution in [0.5, 0.6) is 0 Å². The molecule has 0 fully saturated rings. The number of pyridine rings is 2. The number of rotatable bonds is 5. The first-order valence-electron chi connectivity index (χ1n) is 8.43. The van der Waals surface area contributed by atoms with E-state index in [9.17, 15) is 9.90 Å². The number of hydrogen-bond donors (Lipinski definition) is 1. The first kappa shape index (κ1) is 16.7. The fourth-order valence-electron chi connectivity index (χ4n) is 2.98. The molecular formula is C21H16N4O2. The number of carbonyl (C=O) groups is 1. The minimum atomic E-state index is -0.972. The summed E-state index contributed by atoms with van der Waals surface area (Å²) < 4.78 is 1.81. The van der Waals surface area contributed by atoms with Crippen molar-refractivity contribution in [1.29, 1.82) is 0 Å². The Bertz CT molecular complexity index is 1080. The highest BCUT2D eigenvalue weighted by Crippen LogP contribution is 2.26. The lowest BCUT2D eigenvalue weighted by Crippen LogP contribution is -2.05. The number of para-hydroxylation sites is 1. The van der Waals surface area contributed by atoms with Crippen LogP contribution in [-0.2, 0) is 6.42 Å². The summed E-state index contributed by atoms with van der Waals surface area (Å²) in [4.78, 5) is 19.7. The summed E-state index contributed by atoms with van der Waals surface area (Å²) >= 11 is 0. The smallest absolute Gasteiger partial charge is 0.336 e. The summed E-state index contributed by atoms with van der Waals surface area (Å²) in [5.74, 6) is -0.972. The highest BCUT2D eigenvalue weighted by Gasteiger charge is 2.16. The van der Waals surface area contributed by atoms with Gasteiger partial charge in [0.15, 0.2) is 0 Å². The van der Waals surface area contributed by atoms with Gasteiger partial charge >= 0.3 is 5.97 Å². The Morgan fingerprint density at radius 1 is 0.963 bits per heavy atom. The molecule has 0 saturated heterocycles. The zero-order valence-electron chi connectivity index (χ0n) is 14.4. The molecule has 4 aromatic rings. The standard InChI is InChI=1S/C21H16N4O2/c26-21(27)18-8-11-23-13-16(18)12-20-19(15-6-9-22-10-7-15)14-25(24-20)17-4-2-1-3-5-17/h1-11,13-14H,12H2,(H,26,27). The van der Waals surface area contributed by atoms with Crippen LogP contribution >= 0.6 is 0 Å². The van der Waals surface area contributed by atoms with E-state index in [0.717, 1.165) is 22.5 Å². The maximum atomic E-state index is 11.5. The first-order chi connectivity index (χ1) is 13.2. The van der Waals surface area contributed by atoms with E-state index in [1.54, 1.807) is 18.6 Å². The van der Waals surface area contributed by atoms with Crippen LogP contribution in [0.2, 0.25) is 0 Å². The molecule has 3 aromatic heterocycles. The molecule has 4 rings (SSSR count). The van der Waals surface area contributed by atoms with Crippen molar-refractivity contribution in [1.82, 2.24) is 19.7 Å². The summed E-state index contributed by atoms with van der Waals surface area (Å²) in [6, 6.07) is 15.1. The molecule has 0 amide bonds. The van der Waals surface area contributed by atoms with Crippen LogP contribution in [0.25, 0.3) is 16.8 Å². The number of aromatic nitrogens is 4. The molecule has 1 N–H and O–H groups in total. The first-order valence-corrected chi connectivity index (χ1v) is 8.43. The predicted molar refractivity (Wildman–Crippen MR) is 101 cm³/mol. The molecule has 0 atom stereocenters. The Morgan fingerprint density at radius 3 is 2.44 bits per heavy atom. The van der Waals surface area contributed by atoms with Gasteiger partial charge in [0.1, 0.15) is 0 Å². The lowest BCUT2D eigenvalue weighted by atomic mass is 10.0. The molecule has 0 bridgehead atoms. The summed E-state index contributed by atoms with van der Waals surface area (Å²) in [6.07, 6.45) is 8.85. The second kappa shape index (κ2) is 7.21. The summed E-state index contributed by atoms with van der Waals surface area (Å²) in [5, 5.41) is 14.2. The molecule has 0 aliphatic heterocycles. The SMILES string of the molecule is O=C(O)c1ccncc1Cc1nn(-c2ccccc2)cc1-c1ccncc1. The second-order valence-electron chi connectivity index (χ2n) is 6.02. The topological polar surface area (TPSA) is 80.9 Å². The van der Waals surface area contributed by atoms with Gasteiger partial charge in [-0.2, -0.15) is 5.10 Å². The molecule has 0 aliphatic carbocycles. The molecule has 1 aromatic carbocycles. The molecule has 0 aliphatic rings. The fourth-order valence-corrected chi connectivity index (χ4v) is 2.98. The summed E-state index contributed by atoms with van der Waals surface area (Å²) in [5.41, 5.74) is 4.48. The Hall–Kier alpha value is -3.80. The van der Waals surface area contributed by atoms with Crippen molar-refractivity contribution in [3.63, 3.8) is 0 Å². The van der Waals surface area contributed by atoms with Gasteiger partial charge < -0.3 is 5.11 Å². The average Bonchev–Trinajstić information content (AvgIpc) is 3.13. The third-order valence-corrected chi connectivity index (χ3v) is 4.29. The number of benzene rings is 1. The van der Waals surface area contributed by atoms with Crippen molar-refractivity contribution in [2.45, 2.75) is 6.42 Å². The highest BCUT2D eigenvalue weighted by atomic mass is 16.4. The molecule has 6 nitrogen and oxygen atoms in total. The average molecular weight is 356 g/mol. The molecule has 0 saturated carbocycles. The van der Waals surface area contributed by atoms with E-state index < -0.39 is 5.97 Å². The van der Waals surface area contributed by atoms with Gasteiger partial charge in [-0.25, -0.2) is 9.48 Å². The van der Waals surface area contributed by atoms with Gasteiger partial charge in [-0.3, -0.25) is 9.97 Å². The number of aromatic carboxylic acids is 1. The van der Waals surface area contributed by atoms with Gasteiger partial charge in [0.2, 0.25) is 0 Å². The van der Waals surface area contributed by atoms with E-state index >= 15 is 0 Å². The monoisotopic (exact) mass is 356 g/mol. The van der Waals surface area contributed by atoms with Gasteiger partial charge in [-0.05, 0) is 41.5 Å². The minimum absolute atomic E-state index is 0.236. The van der Waals surface area contributed by atoms with Crippen LogP contribution in [0.1, 0.15) is 21.6 Å². The molecule has 132 valence electrons. The highest BCUT2D eigenvalue weighted by molar-refractivity contribution is 5.89. The van der Waals surface area contributed by atoms with E-state index in [1.165, 1.54) is 12.3 Å². The number of carboxylic acids is 1. The van der Waals surface area contributed by atoms with Crippen LogP contribution in [0, 0.1) is 0 Å². The van der Waals surface area contributed by atoms with E-state index in [-0.39, 0.29) is 5.56 Å². The predicted octanol–water partition coefficient (Wildman–Crippen LogP) is 3.62. The molecule has 3 heterocycles. The van der Waals surface area contributed by atoms with Crippen LogP contribution in [0.15, 0.2) is 79.5 Å². The number of carboxylic acid groups (broad SMARTS) is 1. The van der Waals surface area contributed by atoms with Gasteiger partial charge in [0.25, 0.3) is 0 Å². The van der Waals surface area contributed by atoms with Crippen molar-refractivity contribution in [3.05, 3.63) is 96.3 Å². The largest absolute Gasteiger partial charge is 0.478 e. The molecule has 0 unspecified atom stereocenters. The lowest BCUT2D eigenvalue weighted by Gasteiger charge is -2.05. The van der Waals surface area contributed by atoms with Crippen LogP contribution in [0.4, 0.5) is 0 Å². The van der Waals surface area contributed by atoms with Gasteiger partial charge in [0.05, 0.1) is 16.9 Å². The Balaban J connectivity index is 1.82. The fraction of sp³-hybridized carbons (Fsp3) is 0.0476. The summed E-state index contributed by atoms with van der Waals surface area (Å²) in [7, 11) is 0. The Morgan fingerprint density at radius 2 is 1.70 bits per heavy atom. The van der Waals surface area contributed by atoms with E-state index in [0.29, 0.717) is 12.0 Å². The lowest BCUT2D eigenvalue weighted by molar-refractivity contribution is 0.0695. The number of hydrogen-bond acceptors (Lipinski definition) is 4. The van der Waals surface area contributed by atoms with E-state index in [4.69, 9.17) is 5.10 Å². The maximum Gasteiger partial charge on any atom is 0.336 e. The van der Waals surface area contributed by atoms with Crippen molar-refractivity contribution < 1.29 is 9.90 Å². The third-order valence-electron chi connectivity index (χ3n) is 4.29.